The Morgan fingerprint density at radius 2 is 1.73 bits per heavy atom. The van der Waals surface area contributed by atoms with E-state index >= 15 is 0 Å². The van der Waals surface area contributed by atoms with Gasteiger partial charge < -0.3 is 20.1 Å². The molecule has 0 aliphatic rings. The fraction of sp³-hybridized carbons (Fsp3) is 0.600. The van der Waals surface area contributed by atoms with Crippen LogP contribution in [0.1, 0.15) is 53.0 Å². The van der Waals surface area contributed by atoms with Crippen LogP contribution in [-0.2, 0) is 25.7 Å². The number of rotatable bonds is 10. The molecule has 1 amide bonds. The van der Waals surface area contributed by atoms with Crippen LogP contribution >= 0.6 is 0 Å². The number of benzene rings is 1. The van der Waals surface area contributed by atoms with Crippen molar-refractivity contribution in [3.8, 4) is 0 Å². The van der Waals surface area contributed by atoms with Crippen LogP contribution < -0.4 is 10.6 Å². The van der Waals surface area contributed by atoms with Crippen molar-refractivity contribution in [2.45, 2.75) is 65.2 Å². The fourth-order valence-electron chi connectivity index (χ4n) is 2.12. The second kappa shape index (κ2) is 9.69. The lowest BCUT2D eigenvalue weighted by atomic mass is 9.99. The Labute approximate surface area is 156 Å². The van der Waals surface area contributed by atoms with Crippen molar-refractivity contribution >= 4 is 17.6 Å². The Morgan fingerprint density at radius 1 is 1.12 bits per heavy atom. The molecule has 6 nitrogen and oxygen atoms in total. The Balaban J connectivity index is 2.63. The van der Waals surface area contributed by atoms with Gasteiger partial charge in [0.25, 0.3) is 5.91 Å². The van der Waals surface area contributed by atoms with Crippen molar-refractivity contribution in [3.63, 3.8) is 0 Å². The topological polar surface area (TPSA) is 76.7 Å². The van der Waals surface area contributed by atoms with E-state index in [0.29, 0.717) is 18.7 Å². The number of hydrogen-bond acceptors (Lipinski definition) is 5. The third kappa shape index (κ3) is 7.14. The monoisotopic (exact) mass is 364 g/mol. The smallest absolute Gasteiger partial charge is 0.302 e. The molecule has 6 heteroatoms. The molecule has 0 aliphatic heterocycles. The van der Waals surface area contributed by atoms with Crippen LogP contribution in [0.4, 0.5) is 5.69 Å². The lowest BCUT2D eigenvalue weighted by molar-refractivity contribution is -0.142. The van der Waals surface area contributed by atoms with Gasteiger partial charge in [-0.1, -0.05) is 19.1 Å². The van der Waals surface area contributed by atoms with Gasteiger partial charge >= 0.3 is 5.97 Å². The van der Waals surface area contributed by atoms with E-state index < -0.39 is 5.60 Å². The average molecular weight is 364 g/mol. The molecule has 0 fully saturated rings. The SMILES string of the molecule is CCC(C)(OCCC(C)(C)NC)C(=O)Nc1ccc(COC(C)=O)cc1. The third-order valence-electron chi connectivity index (χ3n) is 4.63. The van der Waals surface area contributed by atoms with Crippen molar-refractivity contribution in [3.05, 3.63) is 29.8 Å². The number of amides is 1. The first-order valence-corrected chi connectivity index (χ1v) is 8.98. The molecule has 1 atom stereocenters. The molecule has 0 heterocycles. The van der Waals surface area contributed by atoms with E-state index in [1.54, 1.807) is 12.1 Å². The van der Waals surface area contributed by atoms with E-state index in [0.717, 1.165) is 12.0 Å². The molecule has 1 unspecified atom stereocenters. The Kier molecular flexibility index (Phi) is 8.24. The molecule has 2 N–H and O–H groups in total. The number of carbonyl (C=O) groups excluding carboxylic acids is 2. The molecule has 26 heavy (non-hydrogen) atoms. The van der Waals surface area contributed by atoms with Crippen LogP contribution in [0.2, 0.25) is 0 Å². The second-order valence-corrected chi connectivity index (χ2v) is 7.25. The highest BCUT2D eigenvalue weighted by Gasteiger charge is 2.33. The van der Waals surface area contributed by atoms with Gasteiger partial charge in [-0.05, 0) is 58.4 Å². The average Bonchev–Trinajstić information content (AvgIpc) is 2.60. The number of hydrogen-bond donors (Lipinski definition) is 2. The summed E-state index contributed by atoms with van der Waals surface area (Å²) in [6, 6.07) is 7.21. The zero-order valence-electron chi connectivity index (χ0n) is 16.8. The maximum absolute atomic E-state index is 12.7. The molecular formula is C20H32N2O4. The molecule has 1 aromatic rings. The molecule has 0 saturated heterocycles. The lowest BCUT2D eigenvalue weighted by Crippen LogP contribution is -2.44. The molecule has 0 radical (unpaired) electrons. The molecule has 0 bridgehead atoms. The maximum Gasteiger partial charge on any atom is 0.302 e. The number of carbonyl (C=O) groups is 2. The van der Waals surface area contributed by atoms with Gasteiger partial charge in [-0.3, -0.25) is 9.59 Å². The van der Waals surface area contributed by atoms with E-state index in [4.69, 9.17) is 9.47 Å². The minimum atomic E-state index is -0.889. The first-order chi connectivity index (χ1) is 12.1. The van der Waals surface area contributed by atoms with Crippen molar-refractivity contribution in [1.29, 1.82) is 0 Å². The number of nitrogens with one attached hydrogen (secondary N) is 2. The fourth-order valence-corrected chi connectivity index (χ4v) is 2.12. The van der Waals surface area contributed by atoms with E-state index in [9.17, 15) is 9.59 Å². The van der Waals surface area contributed by atoms with Crippen LogP contribution in [0, 0.1) is 0 Å². The van der Waals surface area contributed by atoms with Crippen molar-refractivity contribution in [2.75, 3.05) is 19.0 Å². The van der Waals surface area contributed by atoms with Crippen molar-refractivity contribution < 1.29 is 19.1 Å². The summed E-state index contributed by atoms with van der Waals surface area (Å²) in [5.74, 6) is -0.491. The minimum Gasteiger partial charge on any atom is -0.461 e. The number of anilines is 1. The largest absolute Gasteiger partial charge is 0.461 e. The summed E-state index contributed by atoms with van der Waals surface area (Å²) in [7, 11) is 1.91. The Hall–Kier alpha value is -1.92. The third-order valence-corrected chi connectivity index (χ3v) is 4.63. The predicted octanol–water partition coefficient (Wildman–Crippen LogP) is 3.26. The number of ether oxygens (including phenoxy) is 2. The summed E-state index contributed by atoms with van der Waals surface area (Å²) >= 11 is 0. The van der Waals surface area contributed by atoms with Crippen LogP contribution in [0.5, 0.6) is 0 Å². The summed E-state index contributed by atoms with van der Waals surface area (Å²) in [5.41, 5.74) is 0.616. The summed E-state index contributed by atoms with van der Waals surface area (Å²) in [6.45, 7) is 10.0. The predicted molar refractivity (Wildman–Crippen MR) is 103 cm³/mol. The van der Waals surface area contributed by atoms with Gasteiger partial charge in [0.05, 0.1) is 0 Å². The maximum atomic E-state index is 12.7. The van der Waals surface area contributed by atoms with Gasteiger partial charge in [0.1, 0.15) is 12.2 Å². The van der Waals surface area contributed by atoms with Crippen LogP contribution in [0.15, 0.2) is 24.3 Å². The molecular weight excluding hydrogens is 332 g/mol. The molecule has 0 spiro atoms. The second-order valence-electron chi connectivity index (χ2n) is 7.25. The van der Waals surface area contributed by atoms with E-state index in [-0.39, 0.29) is 24.0 Å². The van der Waals surface area contributed by atoms with Crippen LogP contribution in [-0.4, -0.2) is 36.7 Å². The van der Waals surface area contributed by atoms with Gasteiger partial charge in [0.2, 0.25) is 0 Å². The molecule has 0 aliphatic carbocycles. The quantitative estimate of drug-likeness (QED) is 0.623. The highest BCUT2D eigenvalue weighted by atomic mass is 16.5. The number of esters is 1. The van der Waals surface area contributed by atoms with Crippen molar-refractivity contribution in [1.82, 2.24) is 5.32 Å². The van der Waals surface area contributed by atoms with Gasteiger partial charge in [-0.2, -0.15) is 0 Å². The Morgan fingerprint density at radius 3 is 2.23 bits per heavy atom. The summed E-state index contributed by atoms with van der Waals surface area (Å²) in [6.07, 6.45) is 1.38. The van der Waals surface area contributed by atoms with Crippen LogP contribution in [0.25, 0.3) is 0 Å². The molecule has 1 rings (SSSR count). The highest BCUT2D eigenvalue weighted by molar-refractivity contribution is 5.97. The minimum absolute atomic E-state index is 0.0388. The Bertz CT molecular complexity index is 598. The van der Waals surface area contributed by atoms with Crippen molar-refractivity contribution in [2.24, 2.45) is 0 Å². The molecule has 0 aromatic heterocycles. The first kappa shape index (κ1) is 22.1. The normalized spacial score (nSPS) is 13.8. The first-order valence-electron chi connectivity index (χ1n) is 8.98. The van der Waals surface area contributed by atoms with Gasteiger partial charge in [0, 0.05) is 24.8 Å². The standard InChI is InChI=1S/C20H32N2O4/c1-7-20(5,26-13-12-19(3,4)21-6)18(24)22-17-10-8-16(9-11-17)14-25-15(2)23/h8-11,21H,7,12-14H2,1-6H3,(H,22,24). The zero-order chi connectivity index (χ0) is 19.8. The summed E-state index contributed by atoms with van der Waals surface area (Å²) in [4.78, 5) is 23.5. The van der Waals surface area contributed by atoms with E-state index in [1.807, 2.05) is 33.0 Å². The van der Waals surface area contributed by atoms with E-state index in [1.165, 1.54) is 6.92 Å². The highest BCUT2D eigenvalue weighted by Crippen LogP contribution is 2.21. The molecule has 0 saturated carbocycles. The van der Waals surface area contributed by atoms with Gasteiger partial charge in [-0.25, -0.2) is 0 Å². The molecule has 146 valence electrons. The lowest BCUT2D eigenvalue weighted by Gasteiger charge is -2.30. The zero-order valence-corrected chi connectivity index (χ0v) is 16.8. The van der Waals surface area contributed by atoms with Crippen LogP contribution in [0.3, 0.4) is 0 Å². The van der Waals surface area contributed by atoms with E-state index in [2.05, 4.69) is 24.5 Å². The van der Waals surface area contributed by atoms with Gasteiger partial charge in [-0.15, -0.1) is 0 Å². The van der Waals surface area contributed by atoms with Gasteiger partial charge in [0.15, 0.2) is 0 Å². The molecule has 1 aromatic carbocycles. The summed E-state index contributed by atoms with van der Waals surface area (Å²) in [5, 5.41) is 6.13. The summed E-state index contributed by atoms with van der Waals surface area (Å²) < 4.78 is 10.9.